The number of halogens is 2. The van der Waals surface area contributed by atoms with Crippen molar-refractivity contribution in [3.8, 4) is 5.75 Å². The summed E-state index contributed by atoms with van der Waals surface area (Å²) in [4.78, 5) is 38.0. The van der Waals surface area contributed by atoms with Crippen molar-refractivity contribution in [2.75, 3.05) is 19.0 Å². The van der Waals surface area contributed by atoms with Crippen molar-refractivity contribution >= 4 is 23.5 Å². The molecule has 158 valence electrons. The zero-order valence-corrected chi connectivity index (χ0v) is 16.5. The first-order valence-electron chi connectivity index (χ1n) is 9.24. The quantitative estimate of drug-likeness (QED) is 0.679. The van der Waals surface area contributed by atoms with Gasteiger partial charge in [-0.25, -0.2) is 13.6 Å². The second-order valence-electron chi connectivity index (χ2n) is 7.15. The fraction of sp³-hybridized carbons (Fsp3) is 0.286. The molecule has 0 aromatic heterocycles. The van der Waals surface area contributed by atoms with E-state index < -0.39 is 47.3 Å². The highest BCUT2D eigenvalue weighted by Gasteiger charge is 2.47. The molecule has 30 heavy (non-hydrogen) atoms. The smallest absolute Gasteiger partial charge is 0.325 e. The third kappa shape index (κ3) is 4.40. The second kappa shape index (κ2) is 8.48. The molecule has 9 heteroatoms. The Morgan fingerprint density at radius 2 is 1.77 bits per heavy atom. The SMILES string of the molecule is COc1ccc(CC[C@]2(C)NC(=O)N(CC(=O)Nc3c(F)cccc3F)C2=O)cc1. The number of para-hydroxylation sites is 1. The van der Waals surface area contributed by atoms with Gasteiger partial charge in [-0.3, -0.25) is 14.5 Å². The summed E-state index contributed by atoms with van der Waals surface area (Å²) in [5.41, 5.74) is -0.873. The normalized spacial score (nSPS) is 18.3. The summed E-state index contributed by atoms with van der Waals surface area (Å²) >= 11 is 0. The van der Waals surface area contributed by atoms with E-state index in [1.165, 1.54) is 0 Å². The number of urea groups is 1. The van der Waals surface area contributed by atoms with Crippen molar-refractivity contribution in [1.29, 1.82) is 0 Å². The highest BCUT2D eigenvalue weighted by Crippen LogP contribution is 2.24. The number of imide groups is 1. The zero-order chi connectivity index (χ0) is 21.9. The molecule has 7 nitrogen and oxygen atoms in total. The molecule has 0 aliphatic carbocycles. The van der Waals surface area contributed by atoms with Crippen molar-refractivity contribution in [2.24, 2.45) is 0 Å². The number of ether oxygens (including phenoxy) is 1. The van der Waals surface area contributed by atoms with E-state index in [2.05, 4.69) is 10.6 Å². The third-order valence-electron chi connectivity index (χ3n) is 4.95. The first-order chi connectivity index (χ1) is 14.2. The minimum atomic E-state index is -1.19. The lowest BCUT2D eigenvalue weighted by molar-refractivity contribution is -0.133. The van der Waals surface area contributed by atoms with Gasteiger partial charge >= 0.3 is 6.03 Å². The predicted octanol–water partition coefficient (Wildman–Crippen LogP) is 2.86. The van der Waals surface area contributed by atoms with Gasteiger partial charge in [0.15, 0.2) is 0 Å². The number of carbonyl (C=O) groups is 3. The average molecular weight is 417 g/mol. The predicted molar refractivity (Wildman–Crippen MR) is 105 cm³/mol. The molecule has 2 aromatic rings. The van der Waals surface area contributed by atoms with Gasteiger partial charge in [0.1, 0.15) is 35.2 Å². The van der Waals surface area contributed by atoms with Gasteiger partial charge in [0.05, 0.1) is 7.11 Å². The van der Waals surface area contributed by atoms with Crippen molar-refractivity contribution in [3.63, 3.8) is 0 Å². The van der Waals surface area contributed by atoms with Crippen molar-refractivity contribution in [3.05, 3.63) is 59.7 Å². The van der Waals surface area contributed by atoms with Crippen LogP contribution >= 0.6 is 0 Å². The molecule has 0 radical (unpaired) electrons. The highest BCUT2D eigenvalue weighted by molar-refractivity contribution is 6.09. The molecule has 0 bridgehead atoms. The van der Waals surface area contributed by atoms with E-state index in [4.69, 9.17) is 4.74 Å². The lowest BCUT2D eigenvalue weighted by Gasteiger charge is -2.21. The molecular formula is C21H21F2N3O4. The minimum Gasteiger partial charge on any atom is -0.497 e. The van der Waals surface area contributed by atoms with E-state index >= 15 is 0 Å². The zero-order valence-electron chi connectivity index (χ0n) is 16.5. The number of aryl methyl sites for hydroxylation is 1. The van der Waals surface area contributed by atoms with Crippen molar-refractivity contribution < 1.29 is 27.9 Å². The maximum Gasteiger partial charge on any atom is 0.325 e. The number of carbonyl (C=O) groups excluding carboxylic acids is 3. The number of methoxy groups -OCH3 is 1. The van der Waals surface area contributed by atoms with Crippen LogP contribution in [0.3, 0.4) is 0 Å². The minimum absolute atomic E-state index is 0.309. The topological polar surface area (TPSA) is 87.7 Å². The maximum absolute atomic E-state index is 13.7. The molecule has 4 amide bonds. The number of benzene rings is 2. The summed E-state index contributed by atoms with van der Waals surface area (Å²) in [6.07, 6.45) is 0.816. The monoisotopic (exact) mass is 417 g/mol. The number of anilines is 1. The van der Waals surface area contributed by atoms with Gasteiger partial charge in [0.25, 0.3) is 5.91 Å². The Morgan fingerprint density at radius 1 is 1.13 bits per heavy atom. The van der Waals surface area contributed by atoms with Gasteiger partial charge in [-0.05, 0) is 49.6 Å². The maximum atomic E-state index is 13.7. The van der Waals surface area contributed by atoms with Gasteiger partial charge in [-0.1, -0.05) is 18.2 Å². The largest absolute Gasteiger partial charge is 0.497 e. The first-order valence-corrected chi connectivity index (χ1v) is 9.24. The molecule has 3 rings (SSSR count). The Bertz CT molecular complexity index is 960. The third-order valence-corrected chi connectivity index (χ3v) is 4.95. The summed E-state index contributed by atoms with van der Waals surface area (Å²) in [6, 6.07) is 9.71. The van der Waals surface area contributed by atoms with E-state index in [0.717, 1.165) is 28.7 Å². The van der Waals surface area contributed by atoms with Crippen LogP contribution in [0.15, 0.2) is 42.5 Å². The average Bonchev–Trinajstić information content (AvgIpc) is 2.93. The fourth-order valence-electron chi connectivity index (χ4n) is 3.19. The van der Waals surface area contributed by atoms with Gasteiger partial charge in [0.2, 0.25) is 5.91 Å². The summed E-state index contributed by atoms with van der Waals surface area (Å²) in [7, 11) is 1.56. The van der Waals surface area contributed by atoms with Crippen LogP contribution in [-0.4, -0.2) is 41.9 Å². The van der Waals surface area contributed by atoms with Gasteiger partial charge in [-0.15, -0.1) is 0 Å². The van der Waals surface area contributed by atoms with Crippen LogP contribution in [0, 0.1) is 11.6 Å². The van der Waals surface area contributed by atoms with Crippen LogP contribution in [0.2, 0.25) is 0 Å². The molecule has 0 unspecified atom stereocenters. The van der Waals surface area contributed by atoms with E-state index in [9.17, 15) is 23.2 Å². The summed E-state index contributed by atoms with van der Waals surface area (Å²) in [5, 5.41) is 4.67. The molecule has 0 saturated carbocycles. The molecule has 1 saturated heterocycles. The molecular weight excluding hydrogens is 396 g/mol. The Balaban J connectivity index is 1.63. The van der Waals surface area contributed by atoms with Crippen LogP contribution < -0.4 is 15.4 Å². The fourth-order valence-corrected chi connectivity index (χ4v) is 3.19. The molecule has 2 aromatic carbocycles. The van der Waals surface area contributed by atoms with Crippen molar-refractivity contribution in [1.82, 2.24) is 10.2 Å². The molecule has 0 spiro atoms. The lowest BCUT2D eigenvalue weighted by atomic mass is 9.93. The number of nitrogens with zero attached hydrogens (tertiary/aromatic N) is 1. The molecule has 1 heterocycles. The van der Waals surface area contributed by atoms with Crippen LogP contribution in [0.5, 0.6) is 5.75 Å². The Morgan fingerprint density at radius 3 is 2.37 bits per heavy atom. The number of hydrogen-bond acceptors (Lipinski definition) is 4. The molecule has 1 aliphatic heterocycles. The summed E-state index contributed by atoms with van der Waals surface area (Å²) < 4.78 is 32.5. The van der Waals surface area contributed by atoms with Crippen LogP contribution in [0.25, 0.3) is 0 Å². The van der Waals surface area contributed by atoms with Crippen molar-refractivity contribution in [2.45, 2.75) is 25.3 Å². The van der Waals surface area contributed by atoms with E-state index in [1.807, 2.05) is 12.1 Å². The summed E-state index contributed by atoms with van der Waals surface area (Å²) in [5.74, 6) is -2.67. The van der Waals surface area contributed by atoms with Gasteiger partial charge < -0.3 is 15.4 Å². The van der Waals surface area contributed by atoms with Crippen LogP contribution in [0.4, 0.5) is 19.3 Å². The van der Waals surface area contributed by atoms with Crippen LogP contribution in [0.1, 0.15) is 18.9 Å². The number of rotatable bonds is 7. The number of hydrogen-bond donors (Lipinski definition) is 2. The molecule has 2 N–H and O–H groups in total. The van der Waals surface area contributed by atoms with Gasteiger partial charge in [0, 0.05) is 0 Å². The second-order valence-corrected chi connectivity index (χ2v) is 7.15. The van der Waals surface area contributed by atoms with E-state index in [-0.39, 0.29) is 0 Å². The first kappa shape index (κ1) is 21.2. The highest BCUT2D eigenvalue weighted by atomic mass is 19.1. The van der Waals surface area contributed by atoms with Gasteiger partial charge in [-0.2, -0.15) is 0 Å². The molecule has 1 fully saturated rings. The number of amides is 4. The summed E-state index contributed by atoms with van der Waals surface area (Å²) in [6.45, 7) is 0.918. The van der Waals surface area contributed by atoms with E-state index in [1.54, 1.807) is 26.2 Å². The number of nitrogens with one attached hydrogen (secondary N) is 2. The Labute approximate surface area is 172 Å². The lowest BCUT2D eigenvalue weighted by Crippen LogP contribution is -2.45. The van der Waals surface area contributed by atoms with Crippen LogP contribution in [-0.2, 0) is 16.0 Å². The molecule has 1 atom stereocenters. The standard InChI is InChI=1S/C21H21F2N3O4/c1-21(11-10-13-6-8-14(30-2)9-7-13)19(28)26(20(29)25-21)12-17(27)24-18-15(22)4-3-5-16(18)23/h3-9H,10-12H2,1-2H3,(H,24,27)(H,25,29)/t21-/m0/s1. The van der Waals surface area contributed by atoms with E-state index in [0.29, 0.717) is 18.6 Å². The Kier molecular flexibility index (Phi) is 6.00. The Hall–Kier alpha value is -3.49. The molecule has 1 aliphatic rings.